The minimum atomic E-state index is -0.843. The Bertz CT molecular complexity index is 973. The van der Waals surface area contributed by atoms with E-state index in [1.807, 2.05) is 31.2 Å². The number of benzene rings is 2. The maximum Gasteiger partial charge on any atom is 0.329 e. The van der Waals surface area contributed by atoms with Crippen LogP contribution in [0.3, 0.4) is 0 Å². The topological polar surface area (TPSA) is 118 Å². The van der Waals surface area contributed by atoms with Crippen LogP contribution in [0.1, 0.15) is 37.8 Å². The van der Waals surface area contributed by atoms with Crippen molar-refractivity contribution in [3.63, 3.8) is 0 Å². The number of carbonyl (C=O) groups excluding carboxylic acids is 3. The van der Waals surface area contributed by atoms with Crippen LogP contribution in [-0.2, 0) is 20.8 Å². The van der Waals surface area contributed by atoms with Crippen molar-refractivity contribution in [3.05, 3.63) is 53.6 Å². The molecule has 0 aliphatic heterocycles. The third-order valence-corrected chi connectivity index (χ3v) is 4.59. The predicted octanol–water partition coefficient (Wildman–Crippen LogP) is 2.64. The highest BCUT2D eigenvalue weighted by molar-refractivity contribution is 6.35. The number of hydrogen-bond acceptors (Lipinski definition) is 6. The summed E-state index contributed by atoms with van der Waals surface area (Å²) >= 11 is 0. The Morgan fingerprint density at radius 2 is 1.76 bits per heavy atom. The van der Waals surface area contributed by atoms with Gasteiger partial charge in [0.25, 0.3) is 5.91 Å². The summed E-state index contributed by atoms with van der Waals surface area (Å²) in [6, 6.07) is 12.5. The second-order valence-electron chi connectivity index (χ2n) is 7.11. The monoisotopic (exact) mass is 454 g/mol. The summed E-state index contributed by atoms with van der Waals surface area (Å²) in [5, 5.41) is 9.07. The molecule has 33 heavy (non-hydrogen) atoms. The molecular formula is C24H30N4O5. The first kappa shape index (κ1) is 25.4. The first-order valence-electron chi connectivity index (χ1n) is 10.8. The van der Waals surface area contributed by atoms with E-state index in [2.05, 4.69) is 28.1 Å². The summed E-state index contributed by atoms with van der Waals surface area (Å²) in [4.78, 5) is 35.5. The third kappa shape index (κ3) is 8.64. The number of nitrogens with one attached hydrogen (secondary N) is 3. The van der Waals surface area contributed by atoms with Crippen LogP contribution in [0.25, 0.3) is 0 Å². The number of rotatable bonds is 11. The fourth-order valence-electron chi connectivity index (χ4n) is 2.72. The Kier molecular flexibility index (Phi) is 10.4. The standard InChI is InChI=1S/C24H30N4O5/c1-4-6-13-25-23(30)24(31)28-26-15-18-9-12-20(21(14-18)32-3)33-16-22(29)27-19-10-7-17(5-2)8-11-19/h7-12,14-15H,4-6,13,16H2,1-3H3,(H,25,30)(H,27,29)(H,28,31)/b26-15-. The van der Waals surface area contributed by atoms with Crippen molar-refractivity contribution in [2.24, 2.45) is 5.10 Å². The largest absolute Gasteiger partial charge is 0.493 e. The van der Waals surface area contributed by atoms with E-state index in [-0.39, 0.29) is 12.5 Å². The van der Waals surface area contributed by atoms with E-state index in [0.717, 1.165) is 19.3 Å². The van der Waals surface area contributed by atoms with Crippen LogP contribution < -0.4 is 25.5 Å². The van der Waals surface area contributed by atoms with Gasteiger partial charge in [0, 0.05) is 12.2 Å². The van der Waals surface area contributed by atoms with Crippen LogP contribution in [-0.4, -0.2) is 44.2 Å². The second-order valence-corrected chi connectivity index (χ2v) is 7.11. The Morgan fingerprint density at radius 1 is 1.00 bits per heavy atom. The van der Waals surface area contributed by atoms with Gasteiger partial charge in [0.05, 0.1) is 13.3 Å². The zero-order valence-electron chi connectivity index (χ0n) is 19.1. The number of methoxy groups -OCH3 is 1. The molecule has 0 spiro atoms. The summed E-state index contributed by atoms with van der Waals surface area (Å²) in [5.41, 5.74) is 4.66. The molecule has 0 aliphatic rings. The number of hydrazone groups is 1. The van der Waals surface area contributed by atoms with Crippen molar-refractivity contribution in [1.29, 1.82) is 0 Å². The molecule has 9 heteroatoms. The molecule has 0 aliphatic carbocycles. The number of nitrogens with zero attached hydrogens (tertiary/aromatic N) is 1. The number of amides is 3. The van der Waals surface area contributed by atoms with Crippen LogP contribution >= 0.6 is 0 Å². The minimum Gasteiger partial charge on any atom is -0.493 e. The fraction of sp³-hybridized carbons (Fsp3) is 0.333. The summed E-state index contributed by atoms with van der Waals surface area (Å²) in [7, 11) is 1.47. The highest BCUT2D eigenvalue weighted by atomic mass is 16.5. The Morgan fingerprint density at radius 3 is 2.42 bits per heavy atom. The molecule has 0 unspecified atom stereocenters. The highest BCUT2D eigenvalue weighted by Gasteiger charge is 2.12. The van der Waals surface area contributed by atoms with Gasteiger partial charge in [-0.15, -0.1) is 0 Å². The Labute approximate surface area is 193 Å². The molecular weight excluding hydrogens is 424 g/mol. The lowest BCUT2D eigenvalue weighted by molar-refractivity contribution is -0.139. The van der Waals surface area contributed by atoms with Gasteiger partial charge >= 0.3 is 11.8 Å². The van der Waals surface area contributed by atoms with Crippen LogP contribution in [0.15, 0.2) is 47.6 Å². The molecule has 0 heterocycles. The van der Waals surface area contributed by atoms with Crippen molar-refractivity contribution >= 4 is 29.6 Å². The van der Waals surface area contributed by atoms with E-state index in [4.69, 9.17) is 9.47 Å². The number of hydrogen-bond donors (Lipinski definition) is 3. The number of anilines is 1. The smallest absolute Gasteiger partial charge is 0.329 e. The number of aryl methyl sites for hydroxylation is 1. The Hall–Kier alpha value is -3.88. The fourth-order valence-corrected chi connectivity index (χ4v) is 2.72. The summed E-state index contributed by atoms with van der Waals surface area (Å²) in [6.07, 6.45) is 4.01. The van der Waals surface area contributed by atoms with E-state index in [9.17, 15) is 14.4 Å². The molecule has 0 saturated heterocycles. The van der Waals surface area contributed by atoms with Crippen LogP contribution in [0.2, 0.25) is 0 Å². The number of carbonyl (C=O) groups is 3. The van der Waals surface area contributed by atoms with Gasteiger partial charge < -0.3 is 20.1 Å². The predicted molar refractivity (Wildman–Crippen MR) is 127 cm³/mol. The van der Waals surface area contributed by atoms with Gasteiger partial charge in [-0.1, -0.05) is 32.4 Å². The molecule has 3 N–H and O–H groups in total. The first-order chi connectivity index (χ1) is 16.0. The molecule has 0 aromatic heterocycles. The molecule has 0 saturated carbocycles. The number of unbranched alkanes of at least 4 members (excludes halogenated alkanes) is 1. The Balaban J connectivity index is 1.87. The summed E-state index contributed by atoms with van der Waals surface area (Å²) < 4.78 is 10.9. The molecule has 176 valence electrons. The molecule has 2 aromatic rings. The van der Waals surface area contributed by atoms with Gasteiger partial charge in [0.15, 0.2) is 18.1 Å². The zero-order chi connectivity index (χ0) is 24.1. The van der Waals surface area contributed by atoms with Crippen molar-refractivity contribution in [1.82, 2.24) is 10.7 Å². The molecule has 0 bridgehead atoms. The third-order valence-electron chi connectivity index (χ3n) is 4.59. The van der Waals surface area contributed by atoms with E-state index >= 15 is 0 Å². The molecule has 3 amide bonds. The average molecular weight is 455 g/mol. The first-order valence-corrected chi connectivity index (χ1v) is 10.8. The van der Waals surface area contributed by atoms with Crippen LogP contribution in [0.4, 0.5) is 5.69 Å². The SMILES string of the molecule is CCCCNC(=O)C(=O)N/N=C\c1ccc(OCC(=O)Nc2ccc(CC)cc2)c(OC)c1. The van der Waals surface area contributed by atoms with Gasteiger partial charge in [-0.2, -0.15) is 5.10 Å². The summed E-state index contributed by atoms with van der Waals surface area (Å²) in [5.74, 6) is -1.11. The van der Waals surface area contributed by atoms with Crippen molar-refractivity contribution in [3.8, 4) is 11.5 Å². The van der Waals surface area contributed by atoms with Gasteiger partial charge in [-0.05, 0) is 54.3 Å². The van der Waals surface area contributed by atoms with Crippen LogP contribution in [0.5, 0.6) is 11.5 Å². The van der Waals surface area contributed by atoms with Gasteiger partial charge in [-0.25, -0.2) is 5.43 Å². The molecule has 0 atom stereocenters. The molecule has 2 rings (SSSR count). The maximum atomic E-state index is 12.2. The van der Waals surface area contributed by atoms with Gasteiger partial charge in [-0.3, -0.25) is 14.4 Å². The van der Waals surface area contributed by atoms with E-state index in [1.54, 1.807) is 18.2 Å². The molecule has 9 nitrogen and oxygen atoms in total. The lowest BCUT2D eigenvalue weighted by Crippen LogP contribution is -2.38. The lowest BCUT2D eigenvalue weighted by Gasteiger charge is -2.11. The lowest BCUT2D eigenvalue weighted by atomic mass is 10.1. The molecule has 0 fully saturated rings. The van der Waals surface area contributed by atoms with Gasteiger partial charge in [0.2, 0.25) is 0 Å². The highest BCUT2D eigenvalue weighted by Crippen LogP contribution is 2.27. The zero-order valence-corrected chi connectivity index (χ0v) is 19.1. The average Bonchev–Trinajstić information content (AvgIpc) is 2.83. The van der Waals surface area contributed by atoms with E-state index in [1.165, 1.54) is 18.9 Å². The minimum absolute atomic E-state index is 0.192. The van der Waals surface area contributed by atoms with Gasteiger partial charge in [0.1, 0.15) is 0 Å². The maximum absolute atomic E-state index is 12.2. The molecule has 2 aromatic carbocycles. The van der Waals surface area contributed by atoms with Crippen molar-refractivity contribution in [2.45, 2.75) is 33.1 Å². The van der Waals surface area contributed by atoms with Crippen molar-refractivity contribution in [2.75, 3.05) is 25.6 Å². The quantitative estimate of drug-likeness (QED) is 0.209. The summed E-state index contributed by atoms with van der Waals surface area (Å²) in [6.45, 7) is 4.30. The normalized spacial score (nSPS) is 10.5. The van der Waals surface area contributed by atoms with Crippen LogP contribution in [0, 0.1) is 0 Å². The van der Waals surface area contributed by atoms with E-state index < -0.39 is 11.8 Å². The number of ether oxygens (including phenoxy) is 2. The second kappa shape index (κ2) is 13.5. The van der Waals surface area contributed by atoms with E-state index in [0.29, 0.717) is 29.3 Å². The molecule has 0 radical (unpaired) electrons. The van der Waals surface area contributed by atoms with Crippen molar-refractivity contribution < 1.29 is 23.9 Å².